The van der Waals surface area contributed by atoms with Gasteiger partial charge in [0.2, 0.25) is 5.91 Å². The minimum atomic E-state index is -0.482. The van der Waals surface area contributed by atoms with Gasteiger partial charge in [0.05, 0.1) is 6.26 Å². The summed E-state index contributed by atoms with van der Waals surface area (Å²) in [6, 6.07) is 9.02. The fraction of sp³-hybridized carbons (Fsp3) is 0.278. The fourth-order valence-corrected chi connectivity index (χ4v) is 3.02. The second kappa shape index (κ2) is 5.50. The Balaban J connectivity index is 1.44. The molecule has 1 aliphatic carbocycles. The molecule has 2 aliphatic rings. The molecule has 1 aromatic carbocycles. The molecule has 4 rings (SSSR count). The molecule has 1 aromatic heterocycles. The van der Waals surface area contributed by atoms with Crippen LogP contribution in [0.2, 0.25) is 0 Å². The molecule has 1 N–H and O–H groups in total. The third kappa shape index (κ3) is 2.82. The van der Waals surface area contributed by atoms with Crippen LogP contribution in [0.3, 0.4) is 0 Å². The molecule has 0 atom stereocenters. The molecule has 0 saturated heterocycles. The lowest BCUT2D eigenvalue weighted by Crippen LogP contribution is -2.34. The van der Waals surface area contributed by atoms with Crippen LogP contribution in [0.4, 0.5) is 5.69 Å². The van der Waals surface area contributed by atoms with Gasteiger partial charge in [-0.1, -0.05) is 0 Å². The molecule has 1 saturated carbocycles. The SMILES string of the molecule is O=C(/C=C/c1ccco1)Nc1ccc2c(c1)OC1(CCCC1)O2. The first kappa shape index (κ1) is 13.9. The van der Waals surface area contributed by atoms with Crippen LogP contribution in [0.1, 0.15) is 31.4 Å². The Hall–Kier alpha value is -2.69. The van der Waals surface area contributed by atoms with Gasteiger partial charge in [-0.15, -0.1) is 0 Å². The Morgan fingerprint density at radius 3 is 2.74 bits per heavy atom. The summed E-state index contributed by atoms with van der Waals surface area (Å²) in [5.41, 5.74) is 0.677. The van der Waals surface area contributed by atoms with E-state index >= 15 is 0 Å². The van der Waals surface area contributed by atoms with Gasteiger partial charge in [0.1, 0.15) is 5.76 Å². The van der Waals surface area contributed by atoms with Crippen molar-refractivity contribution in [3.05, 3.63) is 48.4 Å². The van der Waals surface area contributed by atoms with Gasteiger partial charge in [-0.05, 0) is 43.2 Å². The molecule has 0 unspecified atom stereocenters. The van der Waals surface area contributed by atoms with Crippen molar-refractivity contribution in [1.29, 1.82) is 0 Å². The number of ether oxygens (including phenoxy) is 2. The minimum absolute atomic E-state index is 0.226. The van der Waals surface area contributed by atoms with E-state index in [1.807, 2.05) is 12.1 Å². The maximum absolute atomic E-state index is 11.9. The van der Waals surface area contributed by atoms with Crippen molar-refractivity contribution >= 4 is 17.7 Å². The number of rotatable bonds is 3. The van der Waals surface area contributed by atoms with Crippen molar-refractivity contribution in [3.63, 3.8) is 0 Å². The molecule has 0 radical (unpaired) electrons. The molecule has 1 fully saturated rings. The van der Waals surface area contributed by atoms with E-state index in [0.29, 0.717) is 17.2 Å². The molecule has 5 nitrogen and oxygen atoms in total. The highest BCUT2D eigenvalue weighted by Gasteiger charge is 2.44. The van der Waals surface area contributed by atoms with Crippen LogP contribution in [0.15, 0.2) is 47.1 Å². The number of amides is 1. The average Bonchev–Trinajstić information content (AvgIpc) is 3.26. The van der Waals surface area contributed by atoms with Crippen molar-refractivity contribution in [2.75, 3.05) is 5.32 Å². The molecule has 118 valence electrons. The Kier molecular flexibility index (Phi) is 3.33. The summed E-state index contributed by atoms with van der Waals surface area (Å²) in [4.78, 5) is 11.9. The summed E-state index contributed by atoms with van der Waals surface area (Å²) in [5.74, 6) is 1.37. The van der Waals surface area contributed by atoms with Gasteiger partial charge >= 0.3 is 0 Å². The predicted octanol–water partition coefficient (Wildman–Crippen LogP) is 3.97. The maximum Gasteiger partial charge on any atom is 0.251 e. The van der Waals surface area contributed by atoms with Crippen LogP contribution in [0.25, 0.3) is 6.08 Å². The molecule has 0 bridgehead atoms. The quantitative estimate of drug-likeness (QED) is 0.871. The highest BCUT2D eigenvalue weighted by Crippen LogP contribution is 2.47. The molecule has 2 heterocycles. The molecule has 23 heavy (non-hydrogen) atoms. The van der Waals surface area contributed by atoms with E-state index < -0.39 is 5.79 Å². The van der Waals surface area contributed by atoms with E-state index in [9.17, 15) is 4.79 Å². The smallest absolute Gasteiger partial charge is 0.251 e. The highest BCUT2D eigenvalue weighted by molar-refractivity contribution is 6.01. The zero-order valence-electron chi connectivity index (χ0n) is 12.6. The lowest BCUT2D eigenvalue weighted by Gasteiger charge is -2.21. The van der Waals surface area contributed by atoms with Gasteiger partial charge in [0, 0.05) is 30.7 Å². The Bertz CT molecular complexity index is 742. The standard InChI is InChI=1S/C18H17NO4/c20-17(8-6-14-4-3-11-21-14)19-13-5-7-15-16(12-13)23-18(22-15)9-1-2-10-18/h3-8,11-12H,1-2,9-10H2,(H,19,20)/b8-6+. The number of benzene rings is 1. The second-order valence-corrected chi connectivity index (χ2v) is 5.82. The van der Waals surface area contributed by atoms with Crippen LogP contribution in [-0.2, 0) is 4.79 Å². The first-order valence-corrected chi connectivity index (χ1v) is 7.77. The number of hydrogen-bond donors (Lipinski definition) is 1. The van der Waals surface area contributed by atoms with E-state index in [0.717, 1.165) is 31.4 Å². The van der Waals surface area contributed by atoms with Crippen molar-refractivity contribution in [3.8, 4) is 11.5 Å². The number of hydrogen-bond acceptors (Lipinski definition) is 4. The minimum Gasteiger partial charge on any atom is -0.465 e. The second-order valence-electron chi connectivity index (χ2n) is 5.82. The van der Waals surface area contributed by atoms with E-state index in [1.165, 1.54) is 6.08 Å². The van der Waals surface area contributed by atoms with Crippen LogP contribution in [-0.4, -0.2) is 11.7 Å². The Morgan fingerprint density at radius 1 is 1.13 bits per heavy atom. The number of anilines is 1. The molecule has 1 amide bonds. The summed E-state index contributed by atoms with van der Waals surface area (Å²) in [6.45, 7) is 0. The van der Waals surface area contributed by atoms with Gasteiger partial charge in [0.25, 0.3) is 5.79 Å². The fourth-order valence-electron chi connectivity index (χ4n) is 3.02. The number of carbonyl (C=O) groups is 1. The molecule has 2 aromatic rings. The largest absolute Gasteiger partial charge is 0.465 e. The molecule has 1 spiro atoms. The summed E-state index contributed by atoms with van der Waals surface area (Å²) in [7, 11) is 0. The summed E-state index contributed by atoms with van der Waals surface area (Å²) >= 11 is 0. The van der Waals surface area contributed by atoms with Crippen LogP contribution in [0, 0.1) is 0 Å². The molecule has 5 heteroatoms. The van der Waals surface area contributed by atoms with E-state index in [2.05, 4.69) is 5.32 Å². The number of carbonyl (C=O) groups excluding carboxylic acids is 1. The topological polar surface area (TPSA) is 60.7 Å². The van der Waals surface area contributed by atoms with Crippen molar-refractivity contribution in [2.45, 2.75) is 31.5 Å². The summed E-state index contributed by atoms with van der Waals surface area (Å²) in [5, 5.41) is 2.81. The molecular weight excluding hydrogens is 294 g/mol. The Labute approximate surface area is 133 Å². The number of furan rings is 1. The molecule has 1 aliphatic heterocycles. The van der Waals surface area contributed by atoms with E-state index in [4.69, 9.17) is 13.9 Å². The predicted molar refractivity (Wildman–Crippen MR) is 85.3 cm³/mol. The first-order chi connectivity index (χ1) is 11.2. The van der Waals surface area contributed by atoms with Crippen molar-refractivity contribution in [2.24, 2.45) is 0 Å². The van der Waals surface area contributed by atoms with Gasteiger partial charge in [-0.2, -0.15) is 0 Å². The maximum atomic E-state index is 11.9. The third-order valence-corrected chi connectivity index (χ3v) is 4.11. The lowest BCUT2D eigenvalue weighted by molar-refractivity contribution is -0.111. The van der Waals surface area contributed by atoms with Crippen molar-refractivity contribution in [1.82, 2.24) is 0 Å². The van der Waals surface area contributed by atoms with Gasteiger partial charge in [-0.3, -0.25) is 4.79 Å². The van der Waals surface area contributed by atoms with Crippen LogP contribution >= 0.6 is 0 Å². The van der Waals surface area contributed by atoms with Gasteiger partial charge in [-0.25, -0.2) is 0 Å². The highest BCUT2D eigenvalue weighted by atomic mass is 16.7. The summed E-state index contributed by atoms with van der Waals surface area (Å²) in [6.07, 6.45) is 8.68. The van der Waals surface area contributed by atoms with E-state index in [1.54, 1.807) is 30.5 Å². The third-order valence-electron chi connectivity index (χ3n) is 4.11. The average molecular weight is 311 g/mol. The van der Waals surface area contributed by atoms with Gasteiger partial charge < -0.3 is 19.2 Å². The molecular formula is C18H17NO4. The lowest BCUT2D eigenvalue weighted by atomic mass is 10.2. The monoisotopic (exact) mass is 311 g/mol. The van der Waals surface area contributed by atoms with E-state index in [-0.39, 0.29) is 5.91 Å². The zero-order valence-corrected chi connectivity index (χ0v) is 12.6. The van der Waals surface area contributed by atoms with Crippen molar-refractivity contribution < 1.29 is 18.7 Å². The first-order valence-electron chi connectivity index (χ1n) is 7.77. The normalized spacial score (nSPS) is 17.9. The zero-order chi connectivity index (χ0) is 15.7. The Morgan fingerprint density at radius 2 is 1.96 bits per heavy atom. The van der Waals surface area contributed by atoms with Crippen LogP contribution < -0.4 is 14.8 Å². The summed E-state index contributed by atoms with van der Waals surface area (Å²) < 4.78 is 17.1. The van der Waals surface area contributed by atoms with Crippen LogP contribution in [0.5, 0.6) is 11.5 Å². The number of fused-ring (bicyclic) bond motifs is 1. The van der Waals surface area contributed by atoms with Gasteiger partial charge in [0.15, 0.2) is 11.5 Å². The number of nitrogens with one attached hydrogen (secondary N) is 1.